The van der Waals surface area contributed by atoms with Crippen LogP contribution in [0.25, 0.3) is 10.9 Å². The van der Waals surface area contributed by atoms with E-state index in [0.717, 1.165) is 16.7 Å². The number of rotatable bonds is 2. The topological polar surface area (TPSA) is 108 Å². The minimum absolute atomic E-state index is 0.207. The summed E-state index contributed by atoms with van der Waals surface area (Å²) in [5, 5.41) is 20.3. The van der Waals surface area contributed by atoms with Crippen LogP contribution in [0.15, 0.2) is 47.1 Å². The number of piperidine rings is 1. The van der Waals surface area contributed by atoms with Crippen molar-refractivity contribution in [1.29, 1.82) is 0 Å². The number of amides is 2. The second-order valence-corrected chi connectivity index (χ2v) is 8.93. The van der Waals surface area contributed by atoms with Gasteiger partial charge in [-0.3, -0.25) is 9.89 Å². The van der Waals surface area contributed by atoms with Gasteiger partial charge in [-0.2, -0.15) is 5.10 Å². The summed E-state index contributed by atoms with van der Waals surface area (Å²) in [5.74, 6) is 0.531. The maximum Gasteiger partial charge on any atom is 0.407 e. The van der Waals surface area contributed by atoms with Crippen molar-refractivity contribution in [3.63, 3.8) is 0 Å². The van der Waals surface area contributed by atoms with E-state index >= 15 is 0 Å². The molecule has 1 saturated heterocycles. The molecule has 160 valence electrons. The van der Waals surface area contributed by atoms with Gasteiger partial charge in [0.05, 0.1) is 23.3 Å². The molecule has 0 bridgehead atoms. The van der Waals surface area contributed by atoms with Crippen LogP contribution in [0.1, 0.15) is 41.2 Å². The number of halogens is 1. The number of nitrogens with zero attached hydrogens (tertiary/aromatic N) is 2. The van der Waals surface area contributed by atoms with Crippen LogP contribution in [0.4, 0.5) is 4.79 Å². The van der Waals surface area contributed by atoms with Gasteiger partial charge >= 0.3 is 6.09 Å². The normalized spacial score (nSPS) is 19.6. The Kier molecular flexibility index (Phi) is 4.85. The summed E-state index contributed by atoms with van der Waals surface area (Å²) in [7, 11) is 0. The molecular weight excluding hydrogens is 464 g/mol. The zero-order valence-corrected chi connectivity index (χ0v) is 18.2. The number of carbonyl (C=O) groups excluding carboxylic acids is 1. The molecule has 0 radical (unpaired) electrons. The number of para-hydroxylation sites is 1. The number of benzene rings is 2. The van der Waals surface area contributed by atoms with Crippen molar-refractivity contribution < 1.29 is 19.4 Å². The summed E-state index contributed by atoms with van der Waals surface area (Å²) in [6.07, 6.45) is 2.53. The van der Waals surface area contributed by atoms with Gasteiger partial charge < -0.3 is 20.1 Å². The van der Waals surface area contributed by atoms with Crippen molar-refractivity contribution in [3.8, 4) is 5.75 Å². The molecule has 3 N–H and O–H groups in total. The SMILES string of the molecule is O=C(N[C@H]1CC2(CCN(C(=O)O)CC2)Oc2ccccc21)c1c(Br)ccc2cn[nH]c12. The van der Waals surface area contributed by atoms with E-state index in [-0.39, 0.29) is 11.9 Å². The second kappa shape index (κ2) is 7.56. The quantitative estimate of drug-likeness (QED) is 0.507. The number of likely N-dealkylation sites (tertiary alicyclic amines) is 1. The molecule has 1 spiro atoms. The fraction of sp³-hybridized carbons (Fsp3) is 0.318. The number of carboxylic acid groups (broad SMARTS) is 1. The van der Waals surface area contributed by atoms with E-state index in [1.807, 2.05) is 36.4 Å². The Bertz CT molecular complexity index is 1170. The van der Waals surface area contributed by atoms with E-state index in [9.17, 15) is 14.7 Å². The number of H-pyrrole nitrogens is 1. The number of aromatic nitrogens is 2. The van der Waals surface area contributed by atoms with E-state index in [1.54, 1.807) is 6.20 Å². The number of hydrogen-bond acceptors (Lipinski definition) is 4. The monoisotopic (exact) mass is 484 g/mol. The minimum Gasteiger partial charge on any atom is -0.487 e. The highest BCUT2D eigenvalue weighted by Gasteiger charge is 2.44. The van der Waals surface area contributed by atoms with E-state index < -0.39 is 11.7 Å². The molecule has 0 unspecified atom stereocenters. The van der Waals surface area contributed by atoms with Crippen molar-refractivity contribution in [2.24, 2.45) is 0 Å². The molecule has 0 saturated carbocycles. The maximum atomic E-state index is 13.4. The van der Waals surface area contributed by atoms with E-state index in [4.69, 9.17) is 4.74 Å². The molecule has 8 nitrogen and oxygen atoms in total. The molecule has 2 aromatic carbocycles. The molecule has 2 aliphatic heterocycles. The van der Waals surface area contributed by atoms with Crippen LogP contribution in [0.3, 0.4) is 0 Å². The number of hydrogen-bond donors (Lipinski definition) is 3. The lowest BCUT2D eigenvalue weighted by Gasteiger charge is -2.46. The summed E-state index contributed by atoms with van der Waals surface area (Å²) >= 11 is 3.50. The third kappa shape index (κ3) is 3.52. The third-order valence-corrected chi connectivity index (χ3v) is 6.90. The maximum absolute atomic E-state index is 13.4. The first-order valence-corrected chi connectivity index (χ1v) is 10.9. The first kappa shape index (κ1) is 19.9. The number of aromatic amines is 1. The summed E-state index contributed by atoms with van der Waals surface area (Å²) in [6.45, 7) is 0.828. The number of ether oxygens (including phenoxy) is 1. The molecule has 1 fully saturated rings. The van der Waals surface area contributed by atoms with Crippen LogP contribution in [0.5, 0.6) is 5.75 Å². The Morgan fingerprint density at radius 3 is 2.77 bits per heavy atom. The van der Waals surface area contributed by atoms with Crippen molar-refractivity contribution in [1.82, 2.24) is 20.4 Å². The zero-order chi connectivity index (χ0) is 21.6. The Morgan fingerprint density at radius 2 is 2.00 bits per heavy atom. The van der Waals surface area contributed by atoms with Gasteiger partial charge in [-0.1, -0.05) is 24.3 Å². The Labute approximate surface area is 186 Å². The molecule has 2 aliphatic rings. The fourth-order valence-corrected chi connectivity index (χ4v) is 5.11. The number of fused-ring (bicyclic) bond motifs is 2. The molecule has 9 heteroatoms. The summed E-state index contributed by atoms with van der Waals surface area (Å²) < 4.78 is 7.08. The van der Waals surface area contributed by atoms with Gasteiger partial charge in [0.25, 0.3) is 5.91 Å². The van der Waals surface area contributed by atoms with Gasteiger partial charge in [-0.15, -0.1) is 0 Å². The lowest BCUT2D eigenvalue weighted by atomic mass is 9.80. The van der Waals surface area contributed by atoms with E-state index in [2.05, 4.69) is 31.4 Å². The Morgan fingerprint density at radius 1 is 1.23 bits per heavy atom. The number of carbonyl (C=O) groups is 2. The predicted octanol–water partition coefficient (Wildman–Crippen LogP) is 4.09. The molecule has 1 aromatic heterocycles. The van der Waals surface area contributed by atoms with Gasteiger partial charge in [0.2, 0.25) is 0 Å². The second-order valence-electron chi connectivity index (χ2n) is 8.08. The van der Waals surface area contributed by atoms with Crippen LogP contribution in [-0.4, -0.2) is 50.9 Å². The zero-order valence-electron chi connectivity index (χ0n) is 16.6. The molecule has 3 aromatic rings. The first-order valence-electron chi connectivity index (χ1n) is 10.1. The molecule has 2 amide bonds. The highest BCUT2D eigenvalue weighted by Crippen LogP contribution is 2.44. The lowest BCUT2D eigenvalue weighted by Crippen LogP contribution is -2.53. The lowest BCUT2D eigenvalue weighted by molar-refractivity contribution is -0.0205. The molecule has 5 rings (SSSR count). The highest BCUT2D eigenvalue weighted by atomic mass is 79.9. The van der Waals surface area contributed by atoms with E-state index in [1.165, 1.54) is 4.90 Å². The fourth-order valence-electron chi connectivity index (χ4n) is 4.60. The van der Waals surface area contributed by atoms with Gasteiger partial charge in [-0.25, -0.2) is 4.79 Å². The largest absolute Gasteiger partial charge is 0.487 e. The van der Waals surface area contributed by atoms with Crippen LogP contribution >= 0.6 is 15.9 Å². The molecule has 3 heterocycles. The third-order valence-electron chi connectivity index (χ3n) is 6.24. The summed E-state index contributed by atoms with van der Waals surface area (Å²) in [4.78, 5) is 26.1. The Hall–Kier alpha value is -3.07. The summed E-state index contributed by atoms with van der Waals surface area (Å²) in [5.41, 5.74) is 1.61. The van der Waals surface area contributed by atoms with Gasteiger partial charge in [-0.05, 0) is 28.1 Å². The van der Waals surface area contributed by atoms with Crippen molar-refractivity contribution in [2.75, 3.05) is 13.1 Å². The Balaban J connectivity index is 1.45. The van der Waals surface area contributed by atoms with Crippen molar-refractivity contribution in [2.45, 2.75) is 30.9 Å². The van der Waals surface area contributed by atoms with Crippen molar-refractivity contribution in [3.05, 3.63) is 58.2 Å². The van der Waals surface area contributed by atoms with Crippen LogP contribution in [-0.2, 0) is 0 Å². The predicted molar refractivity (Wildman–Crippen MR) is 117 cm³/mol. The smallest absolute Gasteiger partial charge is 0.407 e. The van der Waals surface area contributed by atoms with Gasteiger partial charge in [0.1, 0.15) is 11.4 Å². The van der Waals surface area contributed by atoms with Crippen molar-refractivity contribution >= 4 is 38.8 Å². The molecule has 0 aliphatic carbocycles. The average molecular weight is 485 g/mol. The standard InChI is InChI=1S/C22H21BrN4O4/c23-15-6-5-13-12-24-26-19(13)18(15)20(28)25-16-11-22(7-9-27(10-8-22)21(29)30)31-17-4-2-1-3-14(16)17/h1-6,12,16H,7-11H2,(H,24,26)(H,25,28)(H,29,30)/t16-/m0/s1. The average Bonchev–Trinajstić information content (AvgIpc) is 3.22. The van der Waals surface area contributed by atoms with E-state index in [0.29, 0.717) is 47.9 Å². The summed E-state index contributed by atoms with van der Waals surface area (Å²) in [6, 6.07) is 11.2. The minimum atomic E-state index is -0.909. The molecule has 1 atom stereocenters. The van der Waals surface area contributed by atoms with Crippen LogP contribution < -0.4 is 10.1 Å². The van der Waals surface area contributed by atoms with Crippen LogP contribution in [0.2, 0.25) is 0 Å². The van der Waals surface area contributed by atoms with Gasteiger partial charge in [0.15, 0.2) is 0 Å². The molecule has 31 heavy (non-hydrogen) atoms. The first-order chi connectivity index (χ1) is 15.0. The number of nitrogens with one attached hydrogen (secondary N) is 2. The van der Waals surface area contributed by atoms with Gasteiger partial charge in [0, 0.05) is 47.8 Å². The molecular formula is C22H21BrN4O4. The highest BCUT2D eigenvalue weighted by molar-refractivity contribution is 9.10. The van der Waals surface area contributed by atoms with Crippen LogP contribution in [0, 0.1) is 0 Å².